The molecular formula is C20H25NO2. The average Bonchev–Trinajstić information content (AvgIpc) is 2.55. The molecule has 0 aromatic heterocycles. The second kappa shape index (κ2) is 7.73. The van der Waals surface area contributed by atoms with Gasteiger partial charge in [0.05, 0.1) is 18.8 Å². The summed E-state index contributed by atoms with van der Waals surface area (Å²) in [6, 6.07) is 20.5. The van der Waals surface area contributed by atoms with E-state index in [0.717, 1.165) is 26.0 Å². The number of benzene rings is 2. The van der Waals surface area contributed by atoms with E-state index in [2.05, 4.69) is 29.6 Å². The summed E-state index contributed by atoms with van der Waals surface area (Å²) in [4.78, 5) is 0. The number of ether oxygens (including phenoxy) is 1. The van der Waals surface area contributed by atoms with Crippen LogP contribution in [0.2, 0.25) is 0 Å². The van der Waals surface area contributed by atoms with Crippen molar-refractivity contribution in [2.24, 2.45) is 5.92 Å². The van der Waals surface area contributed by atoms with Gasteiger partial charge in [0.15, 0.2) is 0 Å². The Morgan fingerprint density at radius 2 is 1.57 bits per heavy atom. The van der Waals surface area contributed by atoms with Crippen LogP contribution >= 0.6 is 0 Å². The maximum atomic E-state index is 10.5. The smallest absolute Gasteiger partial charge is 0.0778 e. The highest BCUT2D eigenvalue weighted by Gasteiger charge is 2.42. The van der Waals surface area contributed by atoms with Crippen molar-refractivity contribution >= 4 is 0 Å². The third kappa shape index (κ3) is 4.90. The first-order valence-corrected chi connectivity index (χ1v) is 8.32. The highest BCUT2D eigenvalue weighted by molar-refractivity contribution is 5.14. The molecule has 0 spiro atoms. The molecule has 23 heavy (non-hydrogen) atoms. The van der Waals surface area contributed by atoms with Crippen molar-refractivity contribution in [2.45, 2.75) is 31.6 Å². The first-order valence-electron chi connectivity index (χ1n) is 8.32. The summed E-state index contributed by atoms with van der Waals surface area (Å²) in [6.45, 7) is 2.84. The van der Waals surface area contributed by atoms with Gasteiger partial charge in [0.25, 0.3) is 0 Å². The molecule has 2 aromatic rings. The lowest BCUT2D eigenvalue weighted by atomic mass is 9.71. The topological polar surface area (TPSA) is 41.5 Å². The number of hydrogen-bond donors (Lipinski definition) is 2. The number of aliphatic hydroxyl groups is 1. The summed E-state index contributed by atoms with van der Waals surface area (Å²) in [5, 5.41) is 13.8. The Balaban J connectivity index is 1.30. The van der Waals surface area contributed by atoms with E-state index < -0.39 is 5.60 Å². The van der Waals surface area contributed by atoms with Gasteiger partial charge in [0, 0.05) is 13.1 Å². The molecule has 0 saturated heterocycles. The van der Waals surface area contributed by atoms with Crippen LogP contribution in [-0.4, -0.2) is 23.9 Å². The molecule has 1 saturated carbocycles. The lowest BCUT2D eigenvalue weighted by Crippen LogP contribution is -2.52. The molecule has 2 N–H and O–H groups in total. The molecule has 2 aromatic carbocycles. The van der Waals surface area contributed by atoms with Crippen LogP contribution in [0.4, 0.5) is 0 Å². The Hall–Kier alpha value is -1.68. The summed E-state index contributed by atoms with van der Waals surface area (Å²) >= 11 is 0. The van der Waals surface area contributed by atoms with Crippen molar-refractivity contribution in [3.8, 4) is 0 Å². The zero-order valence-electron chi connectivity index (χ0n) is 13.4. The summed E-state index contributed by atoms with van der Waals surface area (Å²) in [5.74, 6) is 0.474. The van der Waals surface area contributed by atoms with E-state index in [1.54, 1.807) is 0 Å². The molecule has 1 fully saturated rings. The second-order valence-electron chi connectivity index (χ2n) is 6.59. The number of nitrogens with one attached hydrogen (secondary N) is 1. The molecule has 0 radical (unpaired) electrons. The van der Waals surface area contributed by atoms with Crippen molar-refractivity contribution in [2.75, 3.05) is 13.2 Å². The largest absolute Gasteiger partial charge is 0.389 e. The van der Waals surface area contributed by atoms with Gasteiger partial charge in [-0.15, -0.1) is 0 Å². The van der Waals surface area contributed by atoms with Gasteiger partial charge in [0.2, 0.25) is 0 Å². The fourth-order valence-electron chi connectivity index (χ4n) is 3.23. The summed E-state index contributed by atoms with van der Waals surface area (Å²) < 4.78 is 5.76. The first-order chi connectivity index (χ1) is 11.2. The predicted octanol–water partition coefficient (Wildman–Crippen LogP) is 3.13. The molecule has 3 rings (SSSR count). The molecular weight excluding hydrogens is 286 g/mol. The summed E-state index contributed by atoms with van der Waals surface area (Å²) in [5.41, 5.74) is 1.89. The molecule has 0 aliphatic heterocycles. The van der Waals surface area contributed by atoms with Gasteiger partial charge in [-0.1, -0.05) is 60.7 Å². The first kappa shape index (κ1) is 16.2. The molecule has 3 heteroatoms. The van der Waals surface area contributed by atoms with Gasteiger partial charge in [-0.2, -0.15) is 0 Å². The summed E-state index contributed by atoms with van der Waals surface area (Å²) in [6.07, 6.45) is 1.65. The maximum Gasteiger partial charge on any atom is 0.0778 e. The molecule has 122 valence electrons. The minimum absolute atomic E-state index is 0.474. The molecule has 0 unspecified atom stereocenters. The third-order valence-corrected chi connectivity index (χ3v) is 4.43. The average molecular weight is 311 g/mol. The minimum atomic E-state index is -0.560. The van der Waals surface area contributed by atoms with Crippen molar-refractivity contribution in [3.05, 3.63) is 71.8 Å². The number of rotatable bonds is 8. The molecule has 1 aliphatic carbocycles. The Morgan fingerprint density at radius 3 is 2.22 bits per heavy atom. The van der Waals surface area contributed by atoms with E-state index in [-0.39, 0.29) is 0 Å². The Labute approximate surface area is 138 Å². The van der Waals surface area contributed by atoms with Gasteiger partial charge < -0.3 is 15.2 Å². The quantitative estimate of drug-likeness (QED) is 0.787. The second-order valence-corrected chi connectivity index (χ2v) is 6.59. The lowest BCUT2D eigenvalue weighted by molar-refractivity contribution is -0.0961. The van der Waals surface area contributed by atoms with E-state index >= 15 is 0 Å². The molecule has 0 atom stereocenters. The number of hydrogen-bond acceptors (Lipinski definition) is 3. The van der Waals surface area contributed by atoms with E-state index in [4.69, 9.17) is 4.74 Å². The van der Waals surface area contributed by atoms with Gasteiger partial charge in [-0.3, -0.25) is 0 Å². The fourth-order valence-corrected chi connectivity index (χ4v) is 3.23. The Kier molecular flexibility index (Phi) is 5.44. The minimum Gasteiger partial charge on any atom is -0.389 e. The Morgan fingerprint density at radius 1 is 0.957 bits per heavy atom. The molecule has 1 aliphatic rings. The van der Waals surface area contributed by atoms with Crippen LogP contribution < -0.4 is 5.32 Å². The fraction of sp³-hybridized carbons (Fsp3) is 0.400. The van der Waals surface area contributed by atoms with E-state index in [1.807, 2.05) is 36.4 Å². The molecule has 0 amide bonds. The van der Waals surface area contributed by atoms with Crippen LogP contribution in [-0.2, 0) is 17.9 Å². The highest BCUT2D eigenvalue weighted by atomic mass is 16.5. The zero-order valence-corrected chi connectivity index (χ0v) is 13.4. The van der Waals surface area contributed by atoms with Crippen molar-refractivity contribution in [1.29, 1.82) is 0 Å². The monoisotopic (exact) mass is 311 g/mol. The highest BCUT2D eigenvalue weighted by Crippen LogP contribution is 2.37. The zero-order chi connectivity index (χ0) is 16.0. The third-order valence-electron chi connectivity index (χ3n) is 4.43. The standard InChI is InChI=1S/C20H25NO2/c22-20(16-21-13-17-7-3-1-4-8-17)11-19(12-20)15-23-14-18-9-5-2-6-10-18/h1-10,19,21-22H,11-16H2. The van der Waals surface area contributed by atoms with Crippen LogP contribution in [0.25, 0.3) is 0 Å². The van der Waals surface area contributed by atoms with Crippen LogP contribution in [0, 0.1) is 5.92 Å². The van der Waals surface area contributed by atoms with Crippen LogP contribution in [0.3, 0.4) is 0 Å². The van der Waals surface area contributed by atoms with Crippen LogP contribution in [0.1, 0.15) is 24.0 Å². The van der Waals surface area contributed by atoms with Gasteiger partial charge in [0.1, 0.15) is 0 Å². The van der Waals surface area contributed by atoms with E-state index in [1.165, 1.54) is 11.1 Å². The van der Waals surface area contributed by atoms with Crippen molar-refractivity contribution in [1.82, 2.24) is 5.32 Å². The normalized spacial score (nSPS) is 23.4. The lowest BCUT2D eigenvalue weighted by Gasteiger charge is -2.43. The van der Waals surface area contributed by atoms with Gasteiger partial charge >= 0.3 is 0 Å². The molecule has 0 heterocycles. The maximum absolute atomic E-state index is 10.5. The van der Waals surface area contributed by atoms with Crippen molar-refractivity contribution < 1.29 is 9.84 Å². The van der Waals surface area contributed by atoms with Crippen LogP contribution in [0.5, 0.6) is 0 Å². The Bertz CT molecular complexity index is 579. The SMILES string of the molecule is OC1(CNCc2ccccc2)CC(COCc2ccccc2)C1. The molecule has 0 bridgehead atoms. The van der Waals surface area contributed by atoms with Crippen LogP contribution in [0.15, 0.2) is 60.7 Å². The van der Waals surface area contributed by atoms with Crippen molar-refractivity contribution in [3.63, 3.8) is 0 Å². The predicted molar refractivity (Wildman–Crippen MR) is 91.9 cm³/mol. The molecule has 3 nitrogen and oxygen atoms in total. The summed E-state index contributed by atoms with van der Waals surface area (Å²) in [7, 11) is 0. The van der Waals surface area contributed by atoms with Gasteiger partial charge in [-0.05, 0) is 29.9 Å². The van der Waals surface area contributed by atoms with E-state index in [9.17, 15) is 5.11 Å². The van der Waals surface area contributed by atoms with E-state index in [0.29, 0.717) is 19.1 Å². The van der Waals surface area contributed by atoms with Gasteiger partial charge in [-0.25, -0.2) is 0 Å².